The van der Waals surface area contributed by atoms with Crippen LogP contribution in [0.1, 0.15) is 21.5 Å². The van der Waals surface area contributed by atoms with Crippen LogP contribution in [0.15, 0.2) is 82.6 Å². The Morgan fingerprint density at radius 2 is 1.73 bits per heavy atom. The van der Waals surface area contributed by atoms with Crippen molar-refractivity contribution in [1.82, 2.24) is 10.4 Å². The minimum atomic E-state index is -0.280. The molecule has 3 aromatic rings. The maximum atomic E-state index is 11.9. The van der Waals surface area contributed by atoms with E-state index in [0.717, 1.165) is 21.3 Å². The second kappa shape index (κ2) is 8.92. The van der Waals surface area contributed by atoms with Crippen LogP contribution < -0.4 is 10.2 Å². The number of carbonyl (C=O) groups excluding carboxylic acids is 1. The lowest BCUT2D eigenvalue weighted by Crippen LogP contribution is -2.17. The summed E-state index contributed by atoms with van der Waals surface area (Å²) in [6.45, 7) is 0.503. The largest absolute Gasteiger partial charge is 0.489 e. The third kappa shape index (κ3) is 5.26. The fraction of sp³-hybridized carbons (Fsp3) is 0.0500. The smallest absolute Gasteiger partial charge is 0.271 e. The number of nitrogens with one attached hydrogen (secondary N) is 1. The van der Waals surface area contributed by atoms with Gasteiger partial charge in [0.15, 0.2) is 0 Å². The highest BCUT2D eigenvalue weighted by molar-refractivity contribution is 9.10. The van der Waals surface area contributed by atoms with E-state index in [0.29, 0.717) is 12.2 Å². The van der Waals surface area contributed by atoms with Crippen molar-refractivity contribution in [1.29, 1.82) is 0 Å². The summed E-state index contributed by atoms with van der Waals surface area (Å²) in [4.78, 5) is 15.7. The number of hydrogen-bond donors (Lipinski definition) is 1. The molecule has 0 fully saturated rings. The number of pyridine rings is 1. The van der Waals surface area contributed by atoms with Crippen molar-refractivity contribution < 1.29 is 9.53 Å². The van der Waals surface area contributed by atoms with Crippen molar-refractivity contribution >= 4 is 28.1 Å². The molecule has 1 aromatic heterocycles. The van der Waals surface area contributed by atoms with Crippen LogP contribution in [-0.4, -0.2) is 17.1 Å². The Kier molecular flexibility index (Phi) is 6.11. The molecule has 26 heavy (non-hydrogen) atoms. The van der Waals surface area contributed by atoms with Crippen molar-refractivity contribution in [2.24, 2.45) is 5.10 Å². The molecule has 0 saturated heterocycles. The maximum Gasteiger partial charge on any atom is 0.271 e. The van der Waals surface area contributed by atoms with Gasteiger partial charge in [0.05, 0.1) is 6.21 Å². The summed E-state index contributed by atoms with van der Waals surface area (Å²) < 4.78 is 6.79. The molecule has 1 heterocycles. The normalized spacial score (nSPS) is 10.7. The summed E-state index contributed by atoms with van der Waals surface area (Å²) >= 11 is 3.41. The minimum Gasteiger partial charge on any atom is -0.489 e. The highest BCUT2D eigenvalue weighted by Crippen LogP contribution is 2.15. The number of carbonyl (C=O) groups is 1. The van der Waals surface area contributed by atoms with E-state index >= 15 is 0 Å². The molecule has 2 aromatic carbocycles. The van der Waals surface area contributed by atoms with Gasteiger partial charge in [-0.2, -0.15) is 5.10 Å². The molecule has 0 aliphatic heterocycles. The van der Waals surface area contributed by atoms with Gasteiger partial charge < -0.3 is 4.74 Å². The molecule has 3 rings (SSSR count). The van der Waals surface area contributed by atoms with Gasteiger partial charge in [0, 0.05) is 22.4 Å². The molecule has 0 radical (unpaired) electrons. The van der Waals surface area contributed by atoms with E-state index in [2.05, 4.69) is 31.4 Å². The van der Waals surface area contributed by atoms with Crippen molar-refractivity contribution in [2.45, 2.75) is 6.61 Å². The topological polar surface area (TPSA) is 63.6 Å². The molecule has 1 amide bonds. The highest BCUT2D eigenvalue weighted by Gasteiger charge is 2.02. The fourth-order valence-corrected chi connectivity index (χ4v) is 2.40. The van der Waals surface area contributed by atoms with E-state index < -0.39 is 0 Å². The molecule has 0 aliphatic rings. The Hall–Kier alpha value is -2.99. The maximum absolute atomic E-state index is 11.9. The molecule has 0 aliphatic carbocycles. The molecule has 130 valence electrons. The molecule has 0 atom stereocenters. The molecular weight excluding hydrogens is 394 g/mol. The average Bonchev–Trinajstić information content (AvgIpc) is 2.69. The number of benzene rings is 2. The predicted molar refractivity (Wildman–Crippen MR) is 104 cm³/mol. The molecule has 1 N–H and O–H groups in total. The van der Waals surface area contributed by atoms with Gasteiger partial charge in [0.2, 0.25) is 0 Å². The monoisotopic (exact) mass is 409 g/mol. The van der Waals surface area contributed by atoms with Gasteiger partial charge in [0.25, 0.3) is 5.91 Å². The van der Waals surface area contributed by atoms with Crippen LogP contribution in [0.4, 0.5) is 0 Å². The van der Waals surface area contributed by atoms with Crippen LogP contribution in [-0.2, 0) is 6.61 Å². The van der Waals surface area contributed by atoms with Gasteiger partial charge in [-0.15, -0.1) is 0 Å². The number of aromatic nitrogens is 1. The van der Waals surface area contributed by atoms with E-state index in [4.69, 9.17) is 4.74 Å². The van der Waals surface area contributed by atoms with E-state index in [9.17, 15) is 4.79 Å². The van der Waals surface area contributed by atoms with Gasteiger partial charge >= 0.3 is 0 Å². The molecular formula is C20H16BrN3O2. The summed E-state index contributed by atoms with van der Waals surface area (Å²) in [6, 6.07) is 18.7. The first-order chi connectivity index (χ1) is 12.7. The van der Waals surface area contributed by atoms with Crippen LogP contribution in [0.3, 0.4) is 0 Å². The second-order valence-corrected chi connectivity index (χ2v) is 6.33. The van der Waals surface area contributed by atoms with Crippen molar-refractivity contribution in [3.63, 3.8) is 0 Å². The summed E-state index contributed by atoms with van der Waals surface area (Å²) in [5.41, 5.74) is 4.94. The van der Waals surface area contributed by atoms with Gasteiger partial charge in [-0.1, -0.05) is 28.1 Å². The number of hydrogen-bond acceptors (Lipinski definition) is 4. The summed E-state index contributed by atoms with van der Waals surface area (Å²) in [5.74, 6) is 0.490. The third-order valence-electron chi connectivity index (χ3n) is 3.52. The first-order valence-electron chi connectivity index (χ1n) is 7.91. The average molecular weight is 410 g/mol. The van der Waals surface area contributed by atoms with Gasteiger partial charge in [-0.3, -0.25) is 9.78 Å². The van der Waals surface area contributed by atoms with Crippen LogP contribution in [0.5, 0.6) is 5.75 Å². The molecule has 0 unspecified atom stereocenters. The number of ether oxygens (including phenoxy) is 1. The third-order valence-corrected chi connectivity index (χ3v) is 4.05. The van der Waals surface area contributed by atoms with Crippen LogP contribution >= 0.6 is 15.9 Å². The second-order valence-electron chi connectivity index (χ2n) is 5.42. The number of rotatable bonds is 6. The lowest BCUT2D eigenvalue weighted by atomic mass is 10.2. The van der Waals surface area contributed by atoms with Crippen LogP contribution in [0.25, 0.3) is 0 Å². The molecule has 6 heteroatoms. The highest BCUT2D eigenvalue weighted by atomic mass is 79.9. The summed E-state index contributed by atoms with van der Waals surface area (Å²) in [7, 11) is 0. The SMILES string of the molecule is O=C(N/N=C\c1ccc(OCc2ccc(Br)cc2)cc1)c1ccncc1. The standard InChI is InChI=1S/C20H16BrN3O2/c21-18-5-1-16(2-6-18)14-26-19-7-3-15(4-8-19)13-23-24-20(25)17-9-11-22-12-10-17/h1-13H,14H2,(H,24,25)/b23-13-. The zero-order valence-corrected chi connectivity index (χ0v) is 15.4. The first kappa shape index (κ1) is 17.8. The first-order valence-corrected chi connectivity index (χ1v) is 8.71. The van der Waals surface area contributed by atoms with E-state index in [1.165, 1.54) is 0 Å². The molecule has 0 bridgehead atoms. The molecule has 5 nitrogen and oxygen atoms in total. The van der Waals surface area contributed by atoms with Gasteiger partial charge in [-0.25, -0.2) is 5.43 Å². The van der Waals surface area contributed by atoms with Crippen molar-refractivity contribution in [3.8, 4) is 5.75 Å². The number of amides is 1. The number of halogens is 1. The molecule has 0 saturated carbocycles. The van der Waals surface area contributed by atoms with E-state index in [1.54, 1.807) is 30.7 Å². The number of hydrazone groups is 1. The van der Waals surface area contributed by atoms with Crippen LogP contribution in [0, 0.1) is 0 Å². The van der Waals surface area contributed by atoms with Crippen molar-refractivity contribution in [3.05, 3.63) is 94.2 Å². The Bertz CT molecular complexity index is 879. The van der Waals surface area contributed by atoms with E-state index in [-0.39, 0.29) is 5.91 Å². The Morgan fingerprint density at radius 3 is 2.42 bits per heavy atom. The fourth-order valence-electron chi connectivity index (χ4n) is 2.13. The Labute approximate surface area is 159 Å². The zero-order chi connectivity index (χ0) is 18.2. The summed E-state index contributed by atoms with van der Waals surface area (Å²) in [5, 5.41) is 3.96. The Balaban J connectivity index is 1.51. The van der Waals surface area contributed by atoms with Crippen LogP contribution in [0.2, 0.25) is 0 Å². The van der Waals surface area contributed by atoms with Gasteiger partial charge in [0.1, 0.15) is 12.4 Å². The number of nitrogens with zero attached hydrogens (tertiary/aromatic N) is 2. The lowest BCUT2D eigenvalue weighted by molar-refractivity contribution is 0.0955. The quantitative estimate of drug-likeness (QED) is 0.490. The molecule has 0 spiro atoms. The van der Waals surface area contributed by atoms with E-state index in [1.807, 2.05) is 48.5 Å². The lowest BCUT2D eigenvalue weighted by Gasteiger charge is -2.06. The van der Waals surface area contributed by atoms with Crippen molar-refractivity contribution in [2.75, 3.05) is 0 Å². The predicted octanol–water partition coefficient (Wildman–Crippen LogP) is 4.19. The zero-order valence-electron chi connectivity index (χ0n) is 13.8. The minimum absolute atomic E-state index is 0.280. The Morgan fingerprint density at radius 1 is 1.04 bits per heavy atom. The van der Waals surface area contributed by atoms with Gasteiger partial charge in [-0.05, 0) is 59.7 Å². The summed E-state index contributed by atoms with van der Waals surface area (Å²) in [6.07, 6.45) is 4.70.